The highest BCUT2D eigenvalue weighted by molar-refractivity contribution is 6.08. The number of hydrogen-bond donors (Lipinski definition) is 1. The molecule has 260 valence electrons. The van der Waals surface area contributed by atoms with Crippen LogP contribution in [-0.4, -0.2) is 77.4 Å². The first-order chi connectivity index (χ1) is 24.9. The van der Waals surface area contributed by atoms with Gasteiger partial charge in [0.15, 0.2) is 29.5 Å². The van der Waals surface area contributed by atoms with Crippen molar-refractivity contribution in [3.63, 3.8) is 0 Å². The van der Waals surface area contributed by atoms with Gasteiger partial charge >= 0.3 is 0 Å². The molecule has 12 nitrogen and oxygen atoms in total. The Morgan fingerprint density at radius 1 is 0.784 bits per heavy atom. The number of fused-ring (bicyclic) bond motifs is 1. The molecule has 0 spiro atoms. The van der Waals surface area contributed by atoms with Crippen LogP contribution in [0.5, 0.6) is 11.5 Å². The van der Waals surface area contributed by atoms with Crippen LogP contribution in [0.1, 0.15) is 33.3 Å². The summed E-state index contributed by atoms with van der Waals surface area (Å²) in [6, 6.07) is 33.8. The van der Waals surface area contributed by atoms with E-state index in [0.717, 1.165) is 16.7 Å². The molecule has 0 radical (unpaired) electrons. The van der Waals surface area contributed by atoms with Crippen LogP contribution in [0.3, 0.4) is 0 Å². The quantitative estimate of drug-likeness (QED) is 0.178. The molecule has 1 amide bonds. The zero-order chi connectivity index (χ0) is 35.5. The van der Waals surface area contributed by atoms with Crippen LogP contribution in [0.4, 0.5) is 5.82 Å². The van der Waals surface area contributed by atoms with Crippen molar-refractivity contribution in [1.82, 2.24) is 19.5 Å². The van der Waals surface area contributed by atoms with Gasteiger partial charge in [-0.15, -0.1) is 0 Å². The van der Waals surface area contributed by atoms with Gasteiger partial charge in [0.2, 0.25) is 0 Å². The first-order valence-corrected chi connectivity index (χ1v) is 16.3. The van der Waals surface area contributed by atoms with Crippen LogP contribution in [0.15, 0.2) is 122 Å². The van der Waals surface area contributed by atoms with Crippen molar-refractivity contribution < 1.29 is 33.6 Å². The highest BCUT2D eigenvalue weighted by Crippen LogP contribution is 2.46. The van der Waals surface area contributed by atoms with Crippen LogP contribution in [-0.2, 0) is 19.8 Å². The van der Waals surface area contributed by atoms with Gasteiger partial charge in [-0.25, -0.2) is 15.0 Å². The number of ether oxygens (including phenoxy) is 5. The van der Waals surface area contributed by atoms with Crippen LogP contribution in [0, 0.1) is 0 Å². The van der Waals surface area contributed by atoms with Crippen molar-refractivity contribution >= 4 is 22.9 Å². The van der Waals surface area contributed by atoms with Gasteiger partial charge in [0.25, 0.3) is 5.91 Å². The van der Waals surface area contributed by atoms with Crippen molar-refractivity contribution in [1.29, 1.82) is 0 Å². The lowest BCUT2D eigenvalue weighted by atomic mass is 9.80. The molecule has 1 aliphatic heterocycles. The summed E-state index contributed by atoms with van der Waals surface area (Å²) in [4.78, 5) is 28.2. The van der Waals surface area contributed by atoms with Gasteiger partial charge in [0, 0.05) is 19.7 Å². The minimum Gasteiger partial charge on any atom is -0.497 e. The molecule has 12 heteroatoms. The summed E-state index contributed by atoms with van der Waals surface area (Å²) in [5.74, 6) is 1.42. The highest BCUT2D eigenvalue weighted by Gasteiger charge is 2.51. The molecule has 0 bridgehead atoms. The summed E-state index contributed by atoms with van der Waals surface area (Å²) in [6.07, 6.45) is -1.37. The Hall–Kier alpha value is -5.66. The van der Waals surface area contributed by atoms with E-state index in [1.807, 2.05) is 84.9 Å². The van der Waals surface area contributed by atoms with Gasteiger partial charge in [-0.05, 0) is 53.1 Å². The number of hydrogen-bond acceptors (Lipinski definition) is 10. The summed E-state index contributed by atoms with van der Waals surface area (Å²) in [7, 11) is 6.35. The molecule has 1 aliphatic rings. The third-order valence-electron chi connectivity index (χ3n) is 9.17. The molecule has 1 N–H and O–H groups in total. The molecule has 4 aromatic carbocycles. The van der Waals surface area contributed by atoms with Crippen LogP contribution >= 0.6 is 0 Å². The standard InChI is InChI=1S/C39H37N5O7/c1-43(36(46)25-11-7-5-8-12-25)34-31-35(41-23-40-34)44(24-42-31)37-33(49-4)32(45)38(50-37)51-39(26-13-9-6-10-14-26,27-15-19-29(47-2)20-16-27)28-17-21-30(48-3)22-18-28/h5-24,32-33,37-38,45H,1-4H3/t32-,33+,37+,38+/m0/s1. The molecule has 0 aliphatic carbocycles. The molecular formula is C39H37N5O7. The number of anilines is 1. The van der Waals surface area contributed by atoms with E-state index in [4.69, 9.17) is 23.7 Å². The number of aromatic nitrogens is 4. The molecular weight excluding hydrogens is 650 g/mol. The van der Waals surface area contributed by atoms with Gasteiger partial charge in [0.05, 0.1) is 20.5 Å². The average molecular weight is 688 g/mol. The van der Waals surface area contributed by atoms with Crippen LogP contribution < -0.4 is 14.4 Å². The lowest BCUT2D eigenvalue weighted by Gasteiger charge is -2.38. The van der Waals surface area contributed by atoms with E-state index in [1.54, 1.807) is 50.1 Å². The molecule has 0 unspecified atom stereocenters. The number of carbonyl (C=O) groups excluding carboxylic acids is 1. The lowest BCUT2D eigenvalue weighted by molar-refractivity contribution is -0.216. The summed E-state index contributed by atoms with van der Waals surface area (Å²) in [5.41, 5.74) is 2.32. The largest absolute Gasteiger partial charge is 0.497 e. The van der Waals surface area contributed by atoms with Gasteiger partial charge in [-0.2, -0.15) is 0 Å². The number of methoxy groups -OCH3 is 3. The number of benzene rings is 4. The van der Waals surface area contributed by atoms with Crippen LogP contribution in [0.2, 0.25) is 0 Å². The second-order valence-electron chi connectivity index (χ2n) is 12.0. The first-order valence-electron chi connectivity index (χ1n) is 16.3. The molecule has 0 saturated carbocycles. The molecule has 4 atom stereocenters. The maximum Gasteiger partial charge on any atom is 0.259 e. The van der Waals surface area contributed by atoms with E-state index in [0.29, 0.717) is 34.0 Å². The zero-order valence-corrected chi connectivity index (χ0v) is 28.5. The Balaban J connectivity index is 1.29. The van der Waals surface area contributed by atoms with Gasteiger partial charge in [0.1, 0.15) is 35.6 Å². The minimum absolute atomic E-state index is 0.254. The molecule has 1 saturated heterocycles. The maximum absolute atomic E-state index is 13.3. The molecule has 1 fully saturated rings. The number of amides is 1. The SMILES string of the molecule is COc1ccc(C(O[C@H]2O[C@@H](n3cnc4c(N(C)C(=O)c5ccccc5)ncnc43)[C@H](OC)[C@@H]2O)(c2ccccc2)c2ccc(OC)cc2)cc1. The Kier molecular flexibility index (Phi) is 9.48. The molecule has 6 aromatic rings. The fraction of sp³-hybridized carbons (Fsp3) is 0.231. The summed E-state index contributed by atoms with van der Waals surface area (Å²) in [5, 5.41) is 11.9. The molecule has 51 heavy (non-hydrogen) atoms. The van der Waals surface area contributed by atoms with E-state index in [1.165, 1.54) is 24.7 Å². The van der Waals surface area contributed by atoms with Crippen molar-refractivity contribution in [3.8, 4) is 11.5 Å². The van der Waals surface area contributed by atoms with E-state index in [9.17, 15) is 9.90 Å². The normalized spacial score (nSPS) is 18.8. The fourth-order valence-electron chi connectivity index (χ4n) is 6.54. The predicted octanol–water partition coefficient (Wildman–Crippen LogP) is 5.36. The second-order valence-corrected chi connectivity index (χ2v) is 12.0. The zero-order valence-electron chi connectivity index (χ0n) is 28.5. The third kappa shape index (κ3) is 6.08. The molecule has 7 rings (SSSR count). The van der Waals surface area contributed by atoms with E-state index in [2.05, 4.69) is 15.0 Å². The number of carbonyl (C=O) groups is 1. The fourth-order valence-corrected chi connectivity index (χ4v) is 6.54. The maximum atomic E-state index is 13.3. The van der Waals surface area contributed by atoms with Gasteiger partial charge in [-0.1, -0.05) is 72.8 Å². The van der Waals surface area contributed by atoms with E-state index >= 15 is 0 Å². The van der Waals surface area contributed by atoms with Crippen LogP contribution in [0.25, 0.3) is 11.2 Å². The van der Waals surface area contributed by atoms with E-state index < -0.39 is 30.3 Å². The predicted molar refractivity (Wildman–Crippen MR) is 189 cm³/mol. The number of imidazole rings is 1. The monoisotopic (exact) mass is 687 g/mol. The number of rotatable bonds is 11. The number of aliphatic hydroxyl groups excluding tert-OH is 1. The highest BCUT2D eigenvalue weighted by atomic mass is 16.7. The van der Waals surface area contributed by atoms with Crippen molar-refractivity contribution in [2.75, 3.05) is 33.3 Å². The smallest absolute Gasteiger partial charge is 0.259 e. The first kappa shape index (κ1) is 33.8. The Bertz CT molecular complexity index is 2050. The Morgan fingerprint density at radius 3 is 1.92 bits per heavy atom. The van der Waals surface area contributed by atoms with Crippen molar-refractivity contribution in [2.45, 2.75) is 30.3 Å². The summed E-state index contributed by atoms with van der Waals surface area (Å²) in [6.45, 7) is 0. The molecule has 3 heterocycles. The van der Waals surface area contributed by atoms with E-state index in [-0.39, 0.29) is 5.91 Å². The second kappa shape index (κ2) is 14.3. The summed E-state index contributed by atoms with van der Waals surface area (Å²) >= 11 is 0. The van der Waals surface area contributed by atoms with Crippen molar-refractivity contribution in [2.24, 2.45) is 0 Å². The third-order valence-corrected chi connectivity index (χ3v) is 9.17. The molecule has 2 aromatic heterocycles. The lowest BCUT2D eigenvalue weighted by Crippen LogP contribution is -2.42. The number of nitrogens with zero attached hydrogens (tertiary/aromatic N) is 5. The van der Waals surface area contributed by atoms with Gasteiger partial charge in [-0.3, -0.25) is 14.3 Å². The minimum atomic E-state index is -1.27. The van der Waals surface area contributed by atoms with Crippen molar-refractivity contribution in [3.05, 3.63) is 144 Å². The topological polar surface area (TPSA) is 130 Å². The number of aliphatic hydroxyl groups is 1. The van der Waals surface area contributed by atoms with Gasteiger partial charge < -0.3 is 28.8 Å². The summed E-state index contributed by atoms with van der Waals surface area (Å²) < 4.78 is 32.1. The Labute approximate surface area is 294 Å². The Morgan fingerprint density at radius 2 is 1.35 bits per heavy atom. The average Bonchev–Trinajstić information content (AvgIpc) is 3.77.